The molecule has 4 heteroatoms. The summed E-state index contributed by atoms with van der Waals surface area (Å²) in [4.78, 5) is 14.9. The van der Waals surface area contributed by atoms with Crippen molar-refractivity contribution in [2.75, 3.05) is 9.80 Å². The van der Waals surface area contributed by atoms with Crippen LogP contribution in [0, 0.1) is 0 Å². The average molecular weight is 763 g/mol. The van der Waals surface area contributed by atoms with Gasteiger partial charge in [0.1, 0.15) is 11.6 Å². The fraction of sp³-hybridized carbons (Fsp3) is 0. The van der Waals surface area contributed by atoms with Crippen molar-refractivity contribution in [1.29, 1.82) is 0 Å². The fourth-order valence-electron chi connectivity index (χ4n) is 10.2. The Bertz CT molecular complexity index is 3670. The molecule has 4 nitrogen and oxygen atoms in total. The predicted molar refractivity (Wildman–Crippen MR) is 254 cm³/mol. The molecule has 13 aromatic rings. The van der Waals surface area contributed by atoms with Crippen LogP contribution in [0.1, 0.15) is 0 Å². The summed E-state index contributed by atoms with van der Waals surface area (Å²) < 4.78 is 0. The van der Waals surface area contributed by atoms with Gasteiger partial charge >= 0.3 is 0 Å². The monoisotopic (exact) mass is 762 g/mol. The zero-order chi connectivity index (χ0) is 39.3. The van der Waals surface area contributed by atoms with E-state index in [0.717, 1.165) is 45.2 Å². The highest BCUT2D eigenvalue weighted by Crippen LogP contribution is 2.57. The zero-order valence-corrected chi connectivity index (χ0v) is 32.4. The van der Waals surface area contributed by atoms with Gasteiger partial charge in [-0.05, 0) is 131 Å². The Kier molecular flexibility index (Phi) is 6.98. The highest BCUT2D eigenvalue weighted by molar-refractivity contribution is 6.43. The lowest BCUT2D eigenvalue weighted by Crippen LogP contribution is -2.15. The molecular formula is C56H34N4. The highest BCUT2D eigenvalue weighted by atomic mass is 15.2. The summed E-state index contributed by atoms with van der Waals surface area (Å²) in [5.74, 6) is 1.70. The molecule has 11 aromatic carbocycles. The molecule has 0 N–H and O–H groups in total. The molecule has 0 saturated heterocycles. The van der Waals surface area contributed by atoms with Crippen LogP contribution in [0.15, 0.2) is 207 Å². The van der Waals surface area contributed by atoms with Crippen LogP contribution in [0.3, 0.4) is 0 Å². The Morgan fingerprint density at radius 2 is 0.717 bits per heavy atom. The molecule has 0 atom stereocenters. The first-order valence-electron chi connectivity index (χ1n) is 20.5. The number of fused-ring (bicyclic) bond motifs is 9. The van der Waals surface area contributed by atoms with Gasteiger partial charge in [-0.25, -0.2) is 9.97 Å². The second-order valence-corrected chi connectivity index (χ2v) is 15.7. The molecule has 0 aliphatic carbocycles. The Labute approximate surface area is 345 Å². The van der Waals surface area contributed by atoms with Gasteiger partial charge in [0.05, 0.1) is 11.4 Å². The lowest BCUT2D eigenvalue weighted by Gasteiger charge is -2.31. The maximum Gasteiger partial charge on any atom is 0.137 e. The van der Waals surface area contributed by atoms with Crippen molar-refractivity contribution in [2.45, 2.75) is 0 Å². The average Bonchev–Trinajstić information content (AvgIpc) is 3.81. The molecule has 0 unspecified atom stereocenters. The number of nitrogens with zero attached hydrogens (tertiary/aromatic N) is 4. The number of hydrogen-bond acceptors (Lipinski definition) is 4. The van der Waals surface area contributed by atoms with E-state index in [1.165, 1.54) is 75.4 Å². The van der Waals surface area contributed by atoms with Crippen molar-refractivity contribution in [3.63, 3.8) is 0 Å². The minimum absolute atomic E-state index is 0.851. The molecule has 13 rings (SSSR count). The van der Waals surface area contributed by atoms with E-state index >= 15 is 0 Å². The van der Waals surface area contributed by atoms with Crippen LogP contribution in [-0.4, -0.2) is 9.97 Å². The van der Waals surface area contributed by atoms with Crippen LogP contribution in [0.4, 0.5) is 34.4 Å². The van der Waals surface area contributed by atoms with Crippen LogP contribution < -0.4 is 9.80 Å². The van der Waals surface area contributed by atoms with Gasteiger partial charge in [-0.15, -0.1) is 0 Å². The van der Waals surface area contributed by atoms with E-state index < -0.39 is 0 Å². The predicted octanol–water partition coefficient (Wildman–Crippen LogP) is 15.5. The van der Waals surface area contributed by atoms with Crippen LogP contribution in [0.25, 0.3) is 86.2 Å². The summed E-state index contributed by atoms with van der Waals surface area (Å²) in [7, 11) is 0. The number of hydrogen-bond donors (Lipinski definition) is 0. The van der Waals surface area contributed by atoms with Crippen LogP contribution >= 0.6 is 0 Å². The third-order valence-electron chi connectivity index (χ3n) is 12.5. The van der Waals surface area contributed by atoms with Gasteiger partial charge in [0.25, 0.3) is 0 Å². The lowest BCUT2D eigenvalue weighted by molar-refractivity contribution is 1.19. The van der Waals surface area contributed by atoms with Gasteiger partial charge in [-0.3, -0.25) is 9.80 Å². The topological polar surface area (TPSA) is 32.3 Å². The van der Waals surface area contributed by atoms with Gasteiger partial charge in [0.2, 0.25) is 0 Å². The van der Waals surface area contributed by atoms with Gasteiger partial charge in [0, 0.05) is 45.3 Å². The first-order chi connectivity index (χ1) is 29.8. The van der Waals surface area contributed by atoms with Crippen LogP contribution in [0.2, 0.25) is 0 Å². The van der Waals surface area contributed by atoms with E-state index in [-0.39, 0.29) is 0 Å². The maximum absolute atomic E-state index is 5.09. The molecular weight excluding hydrogens is 729 g/mol. The van der Waals surface area contributed by atoms with Crippen molar-refractivity contribution in [3.8, 4) is 0 Å². The van der Waals surface area contributed by atoms with Crippen LogP contribution in [0.5, 0.6) is 0 Å². The zero-order valence-electron chi connectivity index (χ0n) is 32.4. The third-order valence-corrected chi connectivity index (χ3v) is 12.5. The molecule has 278 valence electrons. The summed E-state index contributed by atoms with van der Waals surface area (Å²) >= 11 is 0. The first kappa shape index (κ1) is 32.9. The van der Waals surface area contributed by atoms with E-state index in [4.69, 9.17) is 9.97 Å². The molecule has 2 heterocycles. The van der Waals surface area contributed by atoms with Crippen molar-refractivity contribution in [3.05, 3.63) is 207 Å². The molecule has 0 saturated carbocycles. The van der Waals surface area contributed by atoms with Crippen molar-refractivity contribution >= 4 is 121 Å². The summed E-state index contributed by atoms with van der Waals surface area (Å²) in [5, 5.41) is 19.6. The normalized spacial score (nSPS) is 12.0. The van der Waals surface area contributed by atoms with E-state index in [1.807, 2.05) is 24.5 Å². The largest absolute Gasteiger partial charge is 0.294 e. The Hall–Kier alpha value is -8.08. The number of para-hydroxylation sites is 2. The standard InChI is InChI=1S/C56H34N4/c1-3-19-37(20-4-1)59(49-28-9-11-30-57-49)55-47-33-44-41-25-15-24-40-39-23-8-7-16-36(39)32-46(52(40)41)45(44)34-48(47)56(60(38-21-5-2-6-22-38)50-29-10-12-31-58-50)54-43-27-14-18-35-17-13-26-42(51(35)43)53(54)55/h1-34H. The summed E-state index contributed by atoms with van der Waals surface area (Å²) in [6.07, 6.45) is 3.80. The van der Waals surface area contributed by atoms with Gasteiger partial charge in [-0.2, -0.15) is 0 Å². The van der Waals surface area contributed by atoms with Crippen molar-refractivity contribution in [2.24, 2.45) is 0 Å². The third kappa shape index (κ3) is 4.61. The molecule has 0 aliphatic heterocycles. The Morgan fingerprint density at radius 3 is 1.28 bits per heavy atom. The van der Waals surface area contributed by atoms with E-state index in [2.05, 4.69) is 192 Å². The maximum atomic E-state index is 5.09. The SMILES string of the molecule is c1ccc(N(c2ccccn2)c2c3cc4c(cc3c(N(c3ccccc3)c3ccccn3)c3c5cccc6cccc(c23)c65)c2cc3ccccc3c3cccc4c32)cc1. The molecule has 0 fully saturated rings. The fourth-order valence-corrected chi connectivity index (χ4v) is 10.2. The second kappa shape index (κ2) is 12.7. The number of benzene rings is 9. The van der Waals surface area contributed by atoms with Crippen molar-refractivity contribution < 1.29 is 0 Å². The molecule has 0 spiro atoms. The van der Waals surface area contributed by atoms with Gasteiger partial charge in [-0.1, -0.05) is 127 Å². The second-order valence-electron chi connectivity index (χ2n) is 15.7. The molecule has 0 aliphatic rings. The molecule has 60 heavy (non-hydrogen) atoms. The smallest absolute Gasteiger partial charge is 0.137 e. The molecule has 2 aromatic heterocycles. The van der Waals surface area contributed by atoms with E-state index in [9.17, 15) is 0 Å². The highest BCUT2D eigenvalue weighted by Gasteiger charge is 2.31. The molecule has 0 bridgehead atoms. The van der Waals surface area contributed by atoms with Crippen molar-refractivity contribution in [1.82, 2.24) is 9.97 Å². The minimum Gasteiger partial charge on any atom is -0.294 e. The summed E-state index contributed by atoms with van der Waals surface area (Å²) in [6.45, 7) is 0. The van der Waals surface area contributed by atoms with E-state index in [0.29, 0.717) is 0 Å². The van der Waals surface area contributed by atoms with Crippen LogP contribution in [-0.2, 0) is 0 Å². The summed E-state index contributed by atoms with van der Waals surface area (Å²) in [6, 6.07) is 70.3. The number of pyridine rings is 2. The number of rotatable bonds is 6. The molecule has 0 amide bonds. The lowest BCUT2D eigenvalue weighted by atomic mass is 9.94. The van der Waals surface area contributed by atoms with Gasteiger partial charge < -0.3 is 0 Å². The minimum atomic E-state index is 0.851. The number of aromatic nitrogens is 2. The Balaban J connectivity index is 1.34. The quantitative estimate of drug-likeness (QED) is 0.125. The first-order valence-corrected chi connectivity index (χ1v) is 20.5. The molecule has 0 radical (unpaired) electrons. The summed E-state index contributed by atoms with van der Waals surface area (Å²) in [5.41, 5.74) is 4.28. The van der Waals surface area contributed by atoms with E-state index in [1.54, 1.807) is 0 Å². The number of anilines is 6. The Morgan fingerprint density at radius 1 is 0.267 bits per heavy atom. The van der Waals surface area contributed by atoms with Gasteiger partial charge in [0.15, 0.2) is 0 Å².